The summed E-state index contributed by atoms with van der Waals surface area (Å²) in [4.78, 5) is 7.15. The van der Waals surface area contributed by atoms with Gasteiger partial charge >= 0.3 is 0 Å². The van der Waals surface area contributed by atoms with Crippen molar-refractivity contribution in [1.29, 1.82) is 0 Å². The molecule has 1 aromatic rings. The maximum Gasteiger partial charge on any atom is 0.0796 e. The van der Waals surface area contributed by atoms with Crippen LogP contribution in [0.2, 0.25) is 0 Å². The molecule has 1 aliphatic rings. The van der Waals surface area contributed by atoms with E-state index in [0.29, 0.717) is 0 Å². The first-order chi connectivity index (χ1) is 3.97. The van der Waals surface area contributed by atoms with E-state index in [1.54, 1.807) is 0 Å². The van der Waals surface area contributed by atoms with Crippen molar-refractivity contribution < 1.29 is 0 Å². The van der Waals surface area contributed by atoms with Gasteiger partial charge in [0.15, 0.2) is 0 Å². The van der Waals surface area contributed by atoms with Crippen molar-refractivity contribution in [3.05, 3.63) is 23.5 Å². The van der Waals surface area contributed by atoms with Gasteiger partial charge in [-0.3, -0.25) is 4.99 Å². The van der Waals surface area contributed by atoms with Crippen molar-refractivity contribution in [3.63, 3.8) is 0 Å². The lowest BCUT2D eigenvalue weighted by molar-refractivity contribution is 1.04. The Bertz CT molecular complexity index is 222. The monoisotopic (exact) mass is 106 g/mol. The van der Waals surface area contributed by atoms with Crippen molar-refractivity contribution in [2.75, 3.05) is 0 Å². The second kappa shape index (κ2) is 1.22. The van der Waals surface area contributed by atoms with Crippen LogP contribution in [0.5, 0.6) is 0 Å². The van der Waals surface area contributed by atoms with Crippen molar-refractivity contribution in [3.8, 4) is 0 Å². The van der Waals surface area contributed by atoms with Crippen LogP contribution in [-0.2, 0) is 6.54 Å². The smallest absolute Gasteiger partial charge is 0.0796 e. The second-order valence-electron chi connectivity index (χ2n) is 1.88. The zero-order valence-electron chi connectivity index (χ0n) is 4.39. The lowest BCUT2D eigenvalue weighted by Gasteiger charge is -1.80. The molecule has 0 saturated carbocycles. The van der Waals surface area contributed by atoms with Crippen molar-refractivity contribution >= 4 is 6.21 Å². The minimum atomic E-state index is 0.836. The van der Waals surface area contributed by atoms with Gasteiger partial charge in [0.05, 0.1) is 6.54 Å². The van der Waals surface area contributed by atoms with Gasteiger partial charge in [0.2, 0.25) is 0 Å². The minimum Gasteiger partial charge on any atom is -0.363 e. The third-order valence-electron chi connectivity index (χ3n) is 1.35. The number of fused-ring (bicyclic) bond motifs is 1. The van der Waals surface area contributed by atoms with Crippen molar-refractivity contribution in [1.82, 2.24) is 4.98 Å². The summed E-state index contributed by atoms with van der Waals surface area (Å²) in [6, 6.07) is 2.03. The Labute approximate surface area is 47.3 Å². The van der Waals surface area contributed by atoms with Gasteiger partial charge in [-0.25, -0.2) is 0 Å². The number of nitrogens with zero attached hydrogens (tertiary/aromatic N) is 1. The fourth-order valence-corrected chi connectivity index (χ4v) is 0.909. The van der Waals surface area contributed by atoms with Gasteiger partial charge in [-0.05, 0) is 6.07 Å². The van der Waals surface area contributed by atoms with Crippen LogP contribution < -0.4 is 0 Å². The average molecular weight is 106 g/mol. The van der Waals surface area contributed by atoms with Crippen LogP contribution >= 0.6 is 0 Å². The van der Waals surface area contributed by atoms with Crippen LogP contribution in [0.1, 0.15) is 11.3 Å². The number of nitrogens with one attached hydrogen (secondary N) is 1. The summed E-state index contributed by atoms with van der Waals surface area (Å²) in [5, 5.41) is 0. The van der Waals surface area contributed by atoms with Gasteiger partial charge in [-0.2, -0.15) is 0 Å². The van der Waals surface area contributed by atoms with E-state index in [1.807, 2.05) is 18.5 Å². The van der Waals surface area contributed by atoms with Gasteiger partial charge in [-0.1, -0.05) is 0 Å². The summed E-state index contributed by atoms with van der Waals surface area (Å²) < 4.78 is 0. The highest BCUT2D eigenvalue weighted by molar-refractivity contribution is 5.83. The summed E-state index contributed by atoms with van der Waals surface area (Å²) in [6.45, 7) is 0.836. The van der Waals surface area contributed by atoms with Crippen LogP contribution in [0.4, 0.5) is 0 Å². The number of H-pyrrole nitrogens is 1. The molecular weight excluding hydrogens is 100 g/mol. The topological polar surface area (TPSA) is 28.1 Å². The van der Waals surface area contributed by atoms with E-state index in [4.69, 9.17) is 0 Å². The third kappa shape index (κ3) is 0.346. The van der Waals surface area contributed by atoms with E-state index in [1.165, 1.54) is 11.3 Å². The molecular formula is C6H6N2. The number of rotatable bonds is 0. The summed E-state index contributed by atoms with van der Waals surface area (Å²) in [7, 11) is 0. The van der Waals surface area contributed by atoms with Gasteiger partial charge in [0.1, 0.15) is 0 Å². The quantitative estimate of drug-likeness (QED) is 0.510. The standard InChI is InChI=1S/C6H6N2/c1-2-8-6-4-7-3-5(1)6/h1-3,8H,4H2. The van der Waals surface area contributed by atoms with Gasteiger partial charge < -0.3 is 4.98 Å². The molecule has 0 radical (unpaired) electrons. The number of hydrogen-bond donors (Lipinski definition) is 1. The summed E-state index contributed by atoms with van der Waals surface area (Å²) >= 11 is 0. The molecule has 0 aliphatic carbocycles. The molecule has 2 heterocycles. The lowest BCUT2D eigenvalue weighted by atomic mass is 10.3. The third-order valence-corrected chi connectivity index (χ3v) is 1.35. The summed E-state index contributed by atoms with van der Waals surface area (Å²) in [5.41, 5.74) is 2.48. The maximum absolute atomic E-state index is 4.06. The van der Waals surface area contributed by atoms with Gasteiger partial charge in [0.25, 0.3) is 0 Å². The molecule has 0 saturated heterocycles. The van der Waals surface area contributed by atoms with Crippen molar-refractivity contribution in [2.24, 2.45) is 4.99 Å². The molecule has 1 N–H and O–H groups in total. The maximum atomic E-state index is 4.06. The molecule has 2 heteroatoms. The Morgan fingerprint density at radius 2 is 2.62 bits per heavy atom. The molecule has 2 rings (SSSR count). The number of hydrogen-bond acceptors (Lipinski definition) is 1. The Hall–Kier alpha value is -1.05. The van der Waals surface area contributed by atoms with E-state index in [0.717, 1.165) is 6.54 Å². The number of aromatic nitrogens is 1. The zero-order chi connectivity index (χ0) is 5.40. The fourth-order valence-electron chi connectivity index (χ4n) is 0.909. The van der Waals surface area contributed by atoms with E-state index in [-0.39, 0.29) is 0 Å². The molecule has 2 nitrogen and oxygen atoms in total. The van der Waals surface area contributed by atoms with Gasteiger partial charge in [-0.15, -0.1) is 0 Å². The highest BCUT2D eigenvalue weighted by Gasteiger charge is 2.03. The normalized spacial score (nSPS) is 14.5. The molecule has 0 amide bonds. The highest BCUT2D eigenvalue weighted by atomic mass is 14.8. The molecule has 1 aliphatic heterocycles. The van der Waals surface area contributed by atoms with E-state index in [2.05, 4.69) is 9.98 Å². The SMILES string of the molecule is C1=NCc2[nH]ccc21. The molecule has 0 bridgehead atoms. The fraction of sp³-hybridized carbons (Fsp3) is 0.167. The van der Waals surface area contributed by atoms with Crippen LogP contribution in [-0.4, -0.2) is 11.2 Å². The first kappa shape index (κ1) is 3.89. The number of aliphatic imine (C=N–C) groups is 1. The van der Waals surface area contributed by atoms with Crippen molar-refractivity contribution in [2.45, 2.75) is 6.54 Å². The van der Waals surface area contributed by atoms with Crippen LogP contribution in [0.25, 0.3) is 0 Å². The first-order valence-corrected chi connectivity index (χ1v) is 2.63. The molecule has 0 aromatic carbocycles. The summed E-state index contributed by atoms with van der Waals surface area (Å²) in [5.74, 6) is 0. The van der Waals surface area contributed by atoms with Crippen LogP contribution in [0.15, 0.2) is 17.3 Å². The summed E-state index contributed by atoms with van der Waals surface area (Å²) in [6.07, 6.45) is 3.84. The molecule has 8 heavy (non-hydrogen) atoms. The Kier molecular flexibility index (Phi) is 0.592. The Morgan fingerprint density at radius 3 is 3.50 bits per heavy atom. The zero-order valence-corrected chi connectivity index (χ0v) is 4.39. The number of aromatic amines is 1. The molecule has 0 spiro atoms. The van der Waals surface area contributed by atoms with E-state index < -0.39 is 0 Å². The van der Waals surface area contributed by atoms with E-state index in [9.17, 15) is 0 Å². The highest BCUT2D eigenvalue weighted by Crippen LogP contribution is 2.10. The predicted octanol–water partition coefficient (Wildman–Crippen LogP) is 0.947. The molecule has 0 fully saturated rings. The lowest BCUT2D eigenvalue weighted by Crippen LogP contribution is -1.75. The second-order valence-corrected chi connectivity index (χ2v) is 1.88. The predicted molar refractivity (Wildman–Crippen MR) is 32.1 cm³/mol. The molecule has 1 aromatic heterocycles. The van der Waals surface area contributed by atoms with E-state index >= 15 is 0 Å². The minimum absolute atomic E-state index is 0.836. The molecule has 0 unspecified atom stereocenters. The molecule has 40 valence electrons. The molecule has 0 atom stereocenters. The first-order valence-electron chi connectivity index (χ1n) is 2.63. The Balaban J connectivity index is 2.67. The van der Waals surface area contributed by atoms with Gasteiger partial charge in [0, 0.05) is 23.7 Å². The van der Waals surface area contributed by atoms with Crippen LogP contribution in [0.3, 0.4) is 0 Å². The van der Waals surface area contributed by atoms with Crippen LogP contribution in [0, 0.1) is 0 Å². The Morgan fingerprint density at radius 1 is 1.62 bits per heavy atom. The largest absolute Gasteiger partial charge is 0.363 e. The average Bonchev–Trinajstić information content (AvgIpc) is 2.15.